The summed E-state index contributed by atoms with van der Waals surface area (Å²) in [6.07, 6.45) is -4.83. The molecule has 0 saturated carbocycles. The summed E-state index contributed by atoms with van der Waals surface area (Å²) >= 11 is 0. The van der Waals surface area contributed by atoms with Crippen molar-refractivity contribution in [1.29, 1.82) is 10.5 Å². The Morgan fingerprint density at radius 3 is 0.986 bits per heavy atom. The van der Waals surface area contributed by atoms with Gasteiger partial charge in [0.25, 0.3) is 0 Å². The number of fused-ring (bicyclic) bond motifs is 6. The van der Waals surface area contributed by atoms with Gasteiger partial charge in [-0.15, -0.1) is 0 Å². The van der Waals surface area contributed by atoms with Crippen LogP contribution in [-0.4, -0.2) is 9.13 Å². The summed E-state index contributed by atoms with van der Waals surface area (Å²) < 4.78 is 50.8. The third kappa shape index (κ3) is 7.52. The van der Waals surface area contributed by atoms with Crippen LogP contribution in [-0.2, 0) is 6.18 Å². The quantitative estimate of drug-likeness (QED) is 0.160. The molecule has 2 heterocycles. The van der Waals surface area contributed by atoms with Crippen LogP contribution in [0.4, 0.5) is 13.2 Å². The molecule has 0 N–H and O–H groups in total. The molecule has 0 atom stereocenters. The summed E-state index contributed by atoms with van der Waals surface area (Å²) in [5.74, 6) is 0. The fourth-order valence-corrected chi connectivity index (χ4v) is 11.1. The number of rotatable bonds is 7. The van der Waals surface area contributed by atoms with Gasteiger partial charge >= 0.3 is 6.18 Å². The molecule has 2 aromatic heterocycles. The number of halogens is 3. The van der Waals surface area contributed by atoms with Gasteiger partial charge in [-0.3, -0.25) is 0 Å². The molecule has 7 heteroatoms. The van der Waals surface area contributed by atoms with Crippen molar-refractivity contribution in [3.63, 3.8) is 0 Å². The van der Waals surface area contributed by atoms with Gasteiger partial charge in [0.15, 0.2) is 0 Å². The van der Waals surface area contributed by atoms with Crippen molar-refractivity contribution in [2.75, 3.05) is 0 Å². The predicted molar refractivity (Wildman–Crippen MR) is 296 cm³/mol. The van der Waals surface area contributed by atoms with Gasteiger partial charge in [-0.25, -0.2) is 0 Å². The van der Waals surface area contributed by atoms with E-state index in [1.165, 1.54) is 12.1 Å². The molecule has 0 fully saturated rings. The third-order valence-corrected chi connectivity index (χ3v) is 14.8. The van der Waals surface area contributed by atoms with Crippen molar-refractivity contribution in [3.05, 3.63) is 239 Å². The van der Waals surface area contributed by atoms with Crippen molar-refractivity contribution in [2.24, 2.45) is 0 Å². The van der Waals surface area contributed by atoms with E-state index in [0.29, 0.717) is 11.4 Å². The molecule has 10 aromatic carbocycles. The molecule has 12 rings (SSSR count). The molecule has 0 radical (unpaired) electrons. The lowest BCUT2D eigenvalue weighted by Crippen LogP contribution is -2.09. The number of aromatic nitrogens is 2. The summed E-state index contributed by atoms with van der Waals surface area (Å²) in [5, 5.41) is 25.6. The van der Waals surface area contributed by atoms with Gasteiger partial charge in [-0.1, -0.05) is 152 Å². The maximum atomic E-state index is 15.6. The van der Waals surface area contributed by atoms with Crippen LogP contribution < -0.4 is 0 Å². The molecule has 0 bridgehead atoms. The smallest absolute Gasteiger partial charge is 0.308 e. The molecule has 0 aliphatic carbocycles. The highest BCUT2D eigenvalue weighted by Gasteiger charge is 2.35. The first-order valence-electron chi connectivity index (χ1n) is 24.5. The number of nitrogens with zero attached hydrogens (tertiary/aromatic N) is 4. The van der Waals surface area contributed by atoms with E-state index in [0.717, 1.165) is 116 Å². The summed E-state index contributed by atoms with van der Waals surface area (Å²) in [7, 11) is 0. The second-order valence-corrected chi connectivity index (χ2v) is 19.2. The zero-order valence-electron chi connectivity index (χ0n) is 41.0. The largest absolute Gasteiger partial charge is 0.417 e. The molecule has 74 heavy (non-hydrogen) atoms. The number of hydrogen-bond donors (Lipinski definition) is 0. The number of nitriles is 2. The van der Waals surface area contributed by atoms with Gasteiger partial charge < -0.3 is 9.13 Å². The van der Waals surface area contributed by atoms with Crippen molar-refractivity contribution in [2.45, 2.75) is 33.9 Å². The van der Waals surface area contributed by atoms with E-state index >= 15 is 13.2 Å². The molecular weight excluding hydrogens is 918 g/mol. The van der Waals surface area contributed by atoms with Crippen LogP contribution in [0.25, 0.3) is 111 Å². The van der Waals surface area contributed by atoms with Crippen LogP contribution in [0.3, 0.4) is 0 Å². The van der Waals surface area contributed by atoms with Crippen LogP contribution in [0, 0.1) is 50.4 Å². The molecular formula is C67H45F3N4. The highest BCUT2D eigenvalue weighted by Crippen LogP contribution is 2.46. The van der Waals surface area contributed by atoms with Crippen LogP contribution in [0.5, 0.6) is 0 Å². The second-order valence-electron chi connectivity index (χ2n) is 19.2. The van der Waals surface area contributed by atoms with E-state index in [1.54, 1.807) is 12.1 Å². The average molecular weight is 963 g/mol. The monoisotopic (exact) mass is 962 g/mol. The Balaban J connectivity index is 1.27. The SMILES string of the molecule is Cc1ccccc1-c1ccc2c3ccc(-c4ccccc4C)cc3n(-c3cc(-c4ccc(C#N)cc4C(F)(F)F)cc(-n4c5cc(-c6ccccc6C)ccc5c5ccc(-c6ccccc6C)cc54)c3C#N)c2c1. The predicted octanol–water partition coefficient (Wildman–Crippen LogP) is 18.2. The molecule has 0 aliphatic heterocycles. The number of aryl methyl sites for hydroxylation is 4. The lowest BCUT2D eigenvalue weighted by Gasteiger charge is -2.21. The highest BCUT2D eigenvalue weighted by atomic mass is 19.4. The minimum absolute atomic E-state index is 0.111. The Hall–Kier alpha value is -9.43. The maximum Gasteiger partial charge on any atom is 0.417 e. The number of benzene rings is 10. The van der Waals surface area contributed by atoms with E-state index in [1.807, 2.05) is 54.6 Å². The second kappa shape index (κ2) is 17.7. The maximum absolute atomic E-state index is 15.6. The zero-order chi connectivity index (χ0) is 51.0. The molecule has 4 nitrogen and oxygen atoms in total. The minimum Gasteiger partial charge on any atom is -0.308 e. The highest BCUT2D eigenvalue weighted by molar-refractivity contribution is 6.13. The van der Waals surface area contributed by atoms with Gasteiger partial charge in [0.1, 0.15) is 11.6 Å². The van der Waals surface area contributed by atoms with E-state index < -0.39 is 11.7 Å². The average Bonchev–Trinajstić information content (AvgIpc) is 3.91. The van der Waals surface area contributed by atoms with Gasteiger partial charge in [-0.2, -0.15) is 23.7 Å². The van der Waals surface area contributed by atoms with Crippen LogP contribution in [0.2, 0.25) is 0 Å². The molecule has 0 spiro atoms. The molecule has 0 amide bonds. The number of alkyl halides is 3. The lowest BCUT2D eigenvalue weighted by molar-refractivity contribution is -0.137. The van der Waals surface area contributed by atoms with Crippen LogP contribution in [0.15, 0.2) is 200 Å². The van der Waals surface area contributed by atoms with Gasteiger partial charge in [0.2, 0.25) is 0 Å². The standard InChI is InChI=1S/C67H45F3N4/c1-40-13-5-9-17-50(40)45-22-27-55-56-28-23-46(51-18-10-6-14-41(51)2)33-62(56)73(61(55)32-45)65-36-49(54-26-21-44(38-71)31-60(54)67(68,69)70)37-66(59(65)39-72)74-63-34-47(52-19-11-7-15-42(52)3)24-29-57(63)58-30-25-48(35-64(58)74)53-20-12-8-16-43(53)4/h5-37H,1-4H3. The van der Waals surface area contributed by atoms with Gasteiger partial charge in [-0.05, 0) is 154 Å². The first-order valence-corrected chi connectivity index (χ1v) is 24.5. The van der Waals surface area contributed by atoms with Crippen LogP contribution >= 0.6 is 0 Å². The fraction of sp³-hybridized carbons (Fsp3) is 0.0746. The van der Waals surface area contributed by atoms with E-state index in [2.05, 4.69) is 164 Å². The Kier molecular flexibility index (Phi) is 10.9. The molecule has 0 unspecified atom stereocenters. The van der Waals surface area contributed by atoms with E-state index in [9.17, 15) is 10.5 Å². The minimum atomic E-state index is -4.83. The van der Waals surface area contributed by atoms with Gasteiger partial charge in [0, 0.05) is 21.5 Å². The topological polar surface area (TPSA) is 57.4 Å². The fourth-order valence-electron chi connectivity index (χ4n) is 11.1. The summed E-state index contributed by atoms with van der Waals surface area (Å²) in [6, 6.07) is 69.9. The first-order chi connectivity index (χ1) is 35.9. The van der Waals surface area contributed by atoms with Crippen molar-refractivity contribution >= 4 is 43.6 Å². The van der Waals surface area contributed by atoms with Crippen molar-refractivity contribution < 1.29 is 13.2 Å². The van der Waals surface area contributed by atoms with Crippen LogP contribution in [0.1, 0.15) is 38.9 Å². The Morgan fingerprint density at radius 2 is 0.689 bits per heavy atom. The molecule has 0 aliphatic rings. The Labute approximate surface area is 426 Å². The Bertz CT molecular complexity index is 3940. The molecule has 12 aromatic rings. The van der Waals surface area contributed by atoms with Gasteiger partial charge in [0.05, 0.1) is 50.6 Å². The number of hydrogen-bond acceptors (Lipinski definition) is 2. The zero-order valence-corrected chi connectivity index (χ0v) is 41.0. The first kappa shape index (κ1) is 45.7. The van der Waals surface area contributed by atoms with Crippen molar-refractivity contribution in [3.8, 4) is 79.1 Å². The Morgan fingerprint density at radius 1 is 0.351 bits per heavy atom. The lowest BCUT2D eigenvalue weighted by atomic mass is 9.94. The summed E-state index contributed by atoms with van der Waals surface area (Å²) in [5.41, 5.74) is 15.5. The summed E-state index contributed by atoms with van der Waals surface area (Å²) in [4.78, 5) is 0. The third-order valence-electron chi connectivity index (χ3n) is 14.8. The molecule has 0 saturated heterocycles. The normalized spacial score (nSPS) is 11.7. The molecule has 354 valence electrons. The van der Waals surface area contributed by atoms with E-state index in [4.69, 9.17) is 0 Å². The van der Waals surface area contributed by atoms with Crippen molar-refractivity contribution in [1.82, 2.24) is 9.13 Å². The van der Waals surface area contributed by atoms with E-state index in [-0.39, 0.29) is 22.3 Å². The summed E-state index contributed by atoms with van der Waals surface area (Å²) in [6.45, 7) is 8.29.